The fourth-order valence-electron chi connectivity index (χ4n) is 3.20. The maximum absolute atomic E-state index is 12.5. The van der Waals surface area contributed by atoms with Gasteiger partial charge in [-0.15, -0.1) is 0 Å². The number of H-pyrrole nitrogens is 1. The highest BCUT2D eigenvalue weighted by Crippen LogP contribution is 2.32. The molecule has 0 saturated heterocycles. The molecule has 0 amide bonds. The van der Waals surface area contributed by atoms with Gasteiger partial charge in [0.15, 0.2) is 0 Å². The van der Waals surface area contributed by atoms with Gasteiger partial charge in [0.05, 0.1) is 22.4 Å². The maximum atomic E-state index is 12.5. The Morgan fingerprint density at radius 2 is 1.52 bits per heavy atom. The molecule has 0 fully saturated rings. The summed E-state index contributed by atoms with van der Waals surface area (Å²) < 4.78 is 0. The lowest BCUT2D eigenvalue weighted by Crippen LogP contribution is -2.15. The Bertz CT molecular complexity index is 1410. The number of aromatic amines is 1. The highest BCUT2D eigenvalue weighted by atomic mass is 32.2. The molecule has 0 unspecified atom stereocenters. The van der Waals surface area contributed by atoms with Gasteiger partial charge in [-0.25, -0.2) is 4.98 Å². The molecule has 3 N–H and O–H groups in total. The number of aliphatic imine (C=N–C) groups is 2. The molecule has 0 saturated carbocycles. The predicted molar refractivity (Wildman–Crippen MR) is 135 cm³/mol. The van der Waals surface area contributed by atoms with Crippen molar-refractivity contribution in [2.45, 2.75) is 6.42 Å². The minimum absolute atomic E-state index is 0.106. The number of hydrogen-bond acceptors (Lipinski definition) is 7. The van der Waals surface area contributed by atoms with Crippen LogP contribution in [0.2, 0.25) is 0 Å². The SMILES string of the molecule is CSCCc1nc2cc(N=Cc3ccccc3O)c(N=Cc3ccccc3O)cc2[nH]c1=O. The van der Waals surface area contributed by atoms with Gasteiger partial charge >= 0.3 is 0 Å². The van der Waals surface area contributed by atoms with Crippen LogP contribution in [0, 0.1) is 0 Å². The van der Waals surface area contributed by atoms with Crippen LogP contribution in [-0.4, -0.2) is 44.6 Å². The largest absolute Gasteiger partial charge is 0.507 e. The summed E-state index contributed by atoms with van der Waals surface area (Å²) in [5, 5.41) is 20.1. The van der Waals surface area contributed by atoms with Crippen molar-refractivity contribution < 1.29 is 10.2 Å². The van der Waals surface area contributed by atoms with Crippen molar-refractivity contribution >= 4 is 46.6 Å². The lowest BCUT2D eigenvalue weighted by Gasteiger charge is -2.07. The standard InChI is InChI=1S/C25H22N4O3S/c1-33-11-10-18-25(32)29-22-13-20(27-15-17-7-3-5-9-24(17)31)19(12-21(22)28-18)26-14-16-6-2-4-8-23(16)30/h2-9,12-15,30-31H,10-11H2,1H3,(H,29,32). The highest BCUT2D eigenvalue weighted by molar-refractivity contribution is 7.98. The third-order valence-corrected chi connectivity index (χ3v) is 5.57. The highest BCUT2D eigenvalue weighted by Gasteiger charge is 2.10. The van der Waals surface area contributed by atoms with E-state index in [4.69, 9.17) is 0 Å². The van der Waals surface area contributed by atoms with Crippen LogP contribution in [0.15, 0.2) is 75.4 Å². The molecule has 4 aromatic rings. The molecular formula is C25H22N4O3S. The minimum atomic E-state index is -0.224. The lowest BCUT2D eigenvalue weighted by molar-refractivity contribution is 0.474. The number of thioether (sulfide) groups is 1. The van der Waals surface area contributed by atoms with Gasteiger partial charge in [0.1, 0.15) is 17.2 Å². The predicted octanol–water partition coefficient (Wildman–Crippen LogP) is 4.74. The fourth-order valence-corrected chi connectivity index (χ4v) is 3.59. The van der Waals surface area contributed by atoms with Crippen molar-refractivity contribution in [3.63, 3.8) is 0 Å². The van der Waals surface area contributed by atoms with Crippen LogP contribution in [0.4, 0.5) is 11.4 Å². The molecule has 8 heteroatoms. The van der Waals surface area contributed by atoms with Crippen molar-refractivity contribution in [3.05, 3.63) is 87.8 Å². The Balaban J connectivity index is 1.82. The van der Waals surface area contributed by atoms with Crippen molar-refractivity contribution in [3.8, 4) is 11.5 Å². The topological polar surface area (TPSA) is 111 Å². The van der Waals surface area contributed by atoms with Crippen LogP contribution in [0.25, 0.3) is 11.0 Å². The van der Waals surface area contributed by atoms with E-state index in [1.165, 1.54) is 6.21 Å². The van der Waals surface area contributed by atoms with Gasteiger partial charge in [0, 0.05) is 30.0 Å². The molecule has 166 valence electrons. The van der Waals surface area contributed by atoms with Crippen molar-refractivity contribution in [2.75, 3.05) is 12.0 Å². The van der Waals surface area contributed by atoms with Gasteiger partial charge in [-0.1, -0.05) is 24.3 Å². The number of benzene rings is 3. The number of para-hydroxylation sites is 2. The second kappa shape index (κ2) is 10.1. The summed E-state index contributed by atoms with van der Waals surface area (Å²) in [7, 11) is 0. The molecule has 0 spiro atoms. The normalized spacial score (nSPS) is 11.7. The van der Waals surface area contributed by atoms with Crippen LogP contribution in [0.1, 0.15) is 16.8 Å². The summed E-state index contributed by atoms with van der Waals surface area (Å²) in [6.07, 6.45) is 5.63. The first-order chi connectivity index (χ1) is 16.0. The Kier molecular flexibility index (Phi) is 6.85. The van der Waals surface area contributed by atoms with E-state index < -0.39 is 0 Å². The molecule has 0 aliphatic rings. The van der Waals surface area contributed by atoms with E-state index in [0.29, 0.717) is 45.6 Å². The number of phenolic OH excluding ortho intramolecular Hbond substituents is 2. The van der Waals surface area contributed by atoms with E-state index in [0.717, 1.165) is 5.75 Å². The van der Waals surface area contributed by atoms with Gasteiger partial charge in [-0.2, -0.15) is 11.8 Å². The molecule has 0 aliphatic heterocycles. The molecular weight excluding hydrogens is 436 g/mol. The minimum Gasteiger partial charge on any atom is -0.507 e. The zero-order valence-electron chi connectivity index (χ0n) is 17.9. The van der Waals surface area contributed by atoms with E-state index in [-0.39, 0.29) is 17.1 Å². The van der Waals surface area contributed by atoms with Gasteiger partial charge in [-0.3, -0.25) is 14.8 Å². The number of aryl methyl sites for hydroxylation is 1. The van der Waals surface area contributed by atoms with Crippen LogP contribution < -0.4 is 5.56 Å². The van der Waals surface area contributed by atoms with E-state index in [2.05, 4.69) is 20.0 Å². The number of rotatable bonds is 7. The molecule has 1 heterocycles. The fraction of sp³-hybridized carbons (Fsp3) is 0.120. The van der Waals surface area contributed by atoms with Crippen molar-refractivity contribution in [2.24, 2.45) is 9.98 Å². The maximum Gasteiger partial charge on any atom is 0.270 e. The molecule has 7 nitrogen and oxygen atoms in total. The van der Waals surface area contributed by atoms with Crippen LogP contribution >= 0.6 is 11.8 Å². The quantitative estimate of drug-likeness (QED) is 0.346. The number of hydrogen-bond donors (Lipinski definition) is 3. The molecule has 0 bridgehead atoms. The van der Waals surface area contributed by atoms with Crippen molar-refractivity contribution in [1.82, 2.24) is 9.97 Å². The number of aromatic nitrogens is 2. The molecule has 4 rings (SSSR count). The first-order valence-corrected chi connectivity index (χ1v) is 11.6. The van der Waals surface area contributed by atoms with Gasteiger partial charge in [0.25, 0.3) is 5.56 Å². The molecule has 0 aliphatic carbocycles. The smallest absolute Gasteiger partial charge is 0.270 e. The molecule has 3 aromatic carbocycles. The molecule has 0 atom stereocenters. The number of nitrogens with one attached hydrogen (secondary N) is 1. The summed E-state index contributed by atoms with van der Waals surface area (Å²) in [4.78, 5) is 28.9. The van der Waals surface area contributed by atoms with E-state index in [9.17, 15) is 15.0 Å². The average Bonchev–Trinajstić information content (AvgIpc) is 2.81. The van der Waals surface area contributed by atoms with Gasteiger partial charge in [0.2, 0.25) is 0 Å². The summed E-state index contributed by atoms with van der Waals surface area (Å²) in [6.45, 7) is 0. The van der Waals surface area contributed by atoms with Crippen LogP contribution in [-0.2, 0) is 6.42 Å². The number of fused-ring (bicyclic) bond motifs is 1. The first-order valence-electron chi connectivity index (χ1n) is 10.2. The van der Waals surface area contributed by atoms with E-state index in [1.54, 1.807) is 72.6 Å². The number of phenols is 2. The first kappa shape index (κ1) is 22.3. The van der Waals surface area contributed by atoms with E-state index in [1.807, 2.05) is 12.3 Å². The molecule has 33 heavy (non-hydrogen) atoms. The van der Waals surface area contributed by atoms with Gasteiger partial charge in [-0.05, 0) is 48.4 Å². The number of nitrogens with zero attached hydrogens (tertiary/aromatic N) is 3. The summed E-state index contributed by atoms with van der Waals surface area (Å²) in [5.74, 6) is 1.01. The lowest BCUT2D eigenvalue weighted by atomic mass is 10.2. The Labute approximate surface area is 194 Å². The zero-order chi connectivity index (χ0) is 23.2. The summed E-state index contributed by atoms with van der Waals surface area (Å²) in [5.41, 5.74) is 3.47. The van der Waals surface area contributed by atoms with Crippen LogP contribution in [0.5, 0.6) is 11.5 Å². The Hall–Kier alpha value is -3.91. The average molecular weight is 459 g/mol. The number of aromatic hydroxyl groups is 2. The zero-order valence-corrected chi connectivity index (χ0v) is 18.7. The third-order valence-electron chi connectivity index (χ3n) is 4.96. The summed E-state index contributed by atoms with van der Waals surface area (Å²) >= 11 is 1.65. The van der Waals surface area contributed by atoms with E-state index >= 15 is 0 Å². The van der Waals surface area contributed by atoms with Gasteiger partial charge < -0.3 is 15.2 Å². The Morgan fingerprint density at radius 1 is 0.939 bits per heavy atom. The van der Waals surface area contributed by atoms with Crippen LogP contribution in [0.3, 0.4) is 0 Å². The monoisotopic (exact) mass is 458 g/mol. The Morgan fingerprint density at radius 3 is 2.09 bits per heavy atom. The molecule has 0 radical (unpaired) electrons. The second-order valence-electron chi connectivity index (χ2n) is 7.25. The second-order valence-corrected chi connectivity index (χ2v) is 8.23. The third kappa shape index (κ3) is 5.30. The van der Waals surface area contributed by atoms with Crippen molar-refractivity contribution in [1.29, 1.82) is 0 Å². The molecule has 1 aromatic heterocycles. The summed E-state index contributed by atoms with van der Waals surface area (Å²) in [6, 6.07) is 17.2.